The van der Waals surface area contributed by atoms with Crippen LogP contribution in [0.1, 0.15) is 0 Å². The summed E-state index contributed by atoms with van der Waals surface area (Å²) >= 11 is 18.4. The molecule has 0 unspecified atom stereocenters. The molecule has 1 heterocycles. The van der Waals surface area contributed by atoms with Gasteiger partial charge in [0, 0.05) is 10.6 Å². The minimum absolute atomic E-state index is 0.128. The van der Waals surface area contributed by atoms with Gasteiger partial charge in [-0.3, -0.25) is 10.1 Å². The highest BCUT2D eigenvalue weighted by molar-refractivity contribution is 7.18. The van der Waals surface area contributed by atoms with Crippen LogP contribution in [-0.4, -0.2) is 22.0 Å². The number of halogens is 3. The molecule has 1 N–H and O–H groups in total. The van der Waals surface area contributed by atoms with Crippen LogP contribution in [0.5, 0.6) is 0 Å². The summed E-state index contributed by atoms with van der Waals surface area (Å²) in [6, 6.07) is 5.08. The molecule has 0 spiro atoms. The second-order valence-corrected chi connectivity index (χ2v) is 5.31. The molecule has 0 bridgehead atoms. The Hall–Kier alpha value is -0.880. The van der Waals surface area contributed by atoms with Gasteiger partial charge in [-0.15, -0.1) is 21.8 Å². The van der Waals surface area contributed by atoms with Crippen LogP contribution >= 0.6 is 46.1 Å². The van der Waals surface area contributed by atoms with Gasteiger partial charge in [0.1, 0.15) is 5.88 Å². The van der Waals surface area contributed by atoms with Crippen molar-refractivity contribution in [3.63, 3.8) is 0 Å². The number of alkyl halides is 1. The van der Waals surface area contributed by atoms with Crippen LogP contribution in [0.15, 0.2) is 18.2 Å². The van der Waals surface area contributed by atoms with Crippen molar-refractivity contribution in [1.82, 2.24) is 10.2 Å². The van der Waals surface area contributed by atoms with Gasteiger partial charge in [0.25, 0.3) is 0 Å². The SMILES string of the molecule is O=C(CCl)Nc1nnc(-c2ccc(Cl)cc2Cl)s1. The molecule has 1 aromatic carbocycles. The topological polar surface area (TPSA) is 54.9 Å². The van der Waals surface area contributed by atoms with E-state index in [1.54, 1.807) is 18.2 Å². The zero-order valence-corrected chi connectivity index (χ0v) is 11.9. The molecule has 0 aliphatic carbocycles. The first-order valence-corrected chi connectivity index (χ1v) is 6.85. The Bertz CT molecular complexity index is 587. The molecule has 8 heteroatoms. The van der Waals surface area contributed by atoms with Gasteiger partial charge in [0.2, 0.25) is 11.0 Å². The van der Waals surface area contributed by atoms with Crippen molar-refractivity contribution in [3.05, 3.63) is 28.2 Å². The van der Waals surface area contributed by atoms with Crippen molar-refractivity contribution in [2.24, 2.45) is 0 Å². The monoisotopic (exact) mass is 321 g/mol. The quantitative estimate of drug-likeness (QED) is 0.877. The summed E-state index contributed by atoms with van der Waals surface area (Å²) in [5.74, 6) is -0.460. The maximum atomic E-state index is 11.1. The summed E-state index contributed by atoms with van der Waals surface area (Å²) in [6.07, 6.45) is 0. The lowest BCUT2D eigenvalue weighted by atomic mass is 10.2. The van der Waals surface area contributed by atoms with Crippen LogP contribution in [0.3, 0.4) is 0 Å². The van der Waals surface area contributed by atoms with Crippen molar-refractivity contribution in [1.29, 1.82) is 0 Å². The predicted octanol–water partition coefficient (Wildman–Crippen LogP) is 3.69. The van der Waals surface area contributed by atoms with Gasteiger partial charge < -0.3 is 0 Å². The van der Waals surface area contributed by atoms with Crippen LogP contribution in [0.2, 0.25) is 10.0 Å². The second kappa shape index (κ2) is 5.84. The summed E-state index contributed by atoms with van der Waals surface area (Å²) in [5, 5.41) is 12.3. The lowest BCUT2D eigenvalue weighted by Gasteiger charge is -1.99. The molecule has 0 saturated heterocycles. The fraction of sp³-hybridized carbons (Fsp3) is 0.100. The number of aromatic nitrogens is 2. The molecule has 0 atom stereocenters. The van der Waals surface area contributed by atoms with Crippen molar-refractivity contribution < 1.29 is 4.79 Å². The van der Waals surface area contributed by atoms with Crippen LogP contribution in [0, 0.1) is 0 Å². The van der Waals surface area contributed by atoms with E-state index in [2.05, 4.69) is 15.5 Å². The zero-order chi connectivity index (χ0) is 13.1. The van der Waals surface area contributed by atoms with Crippen LogP contribution < -0.4 is 5.32 Å². The third-order valence-electron chi connectivity index (χ3n) is 1.95. The highest BCUT2D eigenvalue weighted by atomic mass is 35.5. The molecular formula is C10H6Cl3N3OS. The molecule has 0 fully saturated rings. The number of carbonyl (C=O) groups is 1. The number of hydrogen-bond acceptors (Lipinski definition) is 4. The number of hydrogen-bond donors (Lipinski definition) is 1. The standard InChI is InChI=1S/C10H6Cl3N3OS/c11-4-8(17)14-10-16-15-9(18-10)6-2-1-5(12)3-7(6)13/h1-3H,4H2,(H,14,16,17). The fourth-order valence-corrected chi connectivity index (χ4v) is 2.62. The van der Waals surface area contributed by atoms with E-state index in [1.165, 1.54) is 11.3 Å². The first kappa shape index (κ1) is 13.5. The third-order valence-corrected chi connectivity index (χ3v) is 3.62. The molecule has 94 valence electrons. The Kier molecular flexibility index (Phi) is 4.40. The molecular weight excluding hydrogens is 317 g/mol. The van der Waals surface area contributed by atoms with Gasteiger partial charge in [-0.1, -0.05) is 34.5 Å². The van der Waals surface area contributed by atoms with Gasteiger partial charge >= 0.3 is 0 Å². The predicted molar refractivity (Wildman–Crippen MR) is 74.7 cm³/mol. The van der Waals surface area contributed by atoms with Gasteiger partial charge in [0.05, 0.1) is 5.02 Å². The van der Waals surface area contributed by atoms with Gasteiger partial charge in [-0.05, 0) is 18.2 Å². The Morgan fingerprint density at radius 1 is 1.33 bits per heavy atom. The number of carbonyl (C=O) groups excluding carboxylic acids is 1. The summed E-state index contributed by atoms with van der Waals surface area (Å²) in [7, 11) is 0. The van der Waals surface area contributed by atoms with E-state index in [4.69, 9.17) is 34.8 Å². The lowest BCUT2D eigenvalue weighted by Crippen LogP contribution is -2.12. The third kappa shape index (κ3) is 3.11. The smallest absolute Gasteiger partial charge is 0.241 e. The van der Waals surface area contributed by atoms with E-state index in [9.17, 15) is 4.79 Å². The molecule has 0 radical (unpaired) electrons. The Labute approximate surface area is 122 Å². The number of nitrogens with one attached hydrogen (secondary N) is 1. The second-order valence-electron chi connectivity index (χ2n) is 3.22. The first-order chi connectivity index (χ1) is 8.60. The van der Waals surface area contributed by atoms with E-state index in [0.717, 1.165) is 0 Å². The highest BCUT2D eigenvalue weighted by Crippen LogP contribution is 2.33. The zero-order valence-electron chi connectivity index (χ0n) is 8.78. The van der Waals surface area contributed by atoms with E-state index in [0.29, 0.717) is 25.7 Å². The maximum absolute atomic E-state index is 11.1. The van der Waals surface area contributed by atoms with Crippen LogP contribution in [0.25, 0.3) is 10.6 Å². The Morgan fingerprint density at radius 2 is 2.11 bits per heavy atom. The molecule has 4 nitrogen and oxygen atoms in total. The molecule has 0 saturated carbocycles. The van der Waals surface area contributed by atoms with Gasteiger partial charge in [-0.25, -0.2) is 0 Å². The number of benzene rings is 1. The van der Waals surface area contributed by atoms with E-state index >= 15 is 0 Å². The molecule has 1 aromatic heterocycles. The highest BCUT2D eigenvalue weighted by Gasteiger charge is 2.11. The van der Waals surface area contributed by atoms with Gasteiger partial charge in [0.15, 0.2) is 5.01 Å². The molecule has 18 heavy (non-hydrogen) atoms. The molecule has 2 rings (SSSR count). The summed E-state index contributed by atoms with van der Waals surface area (Å²) in [4.78, 5) is 11.1. The summed E-state index contributed by atoms with van der Waals surface area (Å²) in [5.41, 5.74) is 0.713. The number of nitrogens with zero attached hydrogens (tertiary/aromatic N) is 2. The molecule has 0 aliphatic rings. The van der Waals surface area contributed by atoms with Crippen molar-refractivity contribution in [2.45, 2.75) is 0 Å². The lowest BCUT2D eigenvalue weighted by molar-refractivity contribution is -0.113. The number of rotatable bonds is 3. The average Bonchev–Trinajstić information content (AvgIpc) is 2.77. The Morgan fingerprint density at radius 3 is 2.78 bits per heavy atom. The fourth-order valence-electron chi connectivity index (χ4n) is 1.20. The van der Waals surface area contributed by atoms with E-state index in [-0.39, 0.29) is 11.8 Å². The van der Waals surface area contributed by atoms with E-state index < -0.39 is 0 Å². The van der Waals surface area contributed by atoms with Crippen molar-refractivity contribution in [2.75, 3.05) is 11.2 Å². The molecule has 1 amide bonds. The number of anilines is 1. The molecule has 0 aliphatic heterocycles. The average molecular weight is 323 g/mol. The molecule has 2 aromatic rings. The minimum Gasteiger partial charge on any atom is -0.299 e. The van der Waals surface area contributed by atoms with Crippen LogP contribution in [-0.2, 0) is 4.79 Å². The Balaban J connectivity index is 2.26. The van der Waals surface area contributed by atoms with Crippen molar-refractivity contribution >= 4 is 57.2 Å². The first-order valence-electron chi connectivity index (χ1n) is 4.75. The normalized spacial score (nSPS) is 10.4. The van der Waals surface area contributed by atoms with Crippen molar-refractivity contribution in [3.8, 4) is 10.6 Å². The summed E-state index contributed by atoms with van der Waals surface area (Å²) < 4.78 is 0. The van der Waals surface area contributed by atoms with Crippen LogP contribution in [0.4, 0.5) is 5.13 Å². The van der Waals surface area contributed by atoms with E-state index in [1.807, 2.05) is 0 Å². The largest absolute Gasteiger partial charge is 0.299 e. The number of amides is 1. The minimum atomic E-state index is -0.332. The van der Waals surface area contributed by atoms with Gasteiger partial charge in [-0.2, -0.15) is 0 Å². The maximum Gasteiger partial charge on any atom is 0.241 e. The summed E-state index contributed by atoms with van der Waals surface area (Å²) in [6.45, 7) is 0.